The summed E-state index contributed by atoms with van der Waals surface area (Å²) in [6.07, 6.45) is 6.74. The van der Waals surface area contributed by atoms with Gasteiger partial charge in [-0.1, -0.05) is 19.8 Å². The Labute approximate surface area is 162 Å². The van der Waals surface area contributed by atoms with Crippen LogP contribution >= 0.6 is 0 Å². The van der Waals surface area contributed by atoms with Gasteiger partial charge in [0.05, 0.1) is 6.54 Å². The molecule has 1 aromatic carbocycles. The lowest BCUT2D eigenvalue weighted by Crippen LogP contribution is -2.53. The number of benzene rings is 1. The number of carbonyl (C=O) groups is 2. The maximum absolute atomic E-state index is 13.3. The van der Waals surface area contributed by atoms with Crippen LogP contribution in [0.5, 0.6) is 0 Å². The average Bonchev–Trinajstić information content (AvgIpc) is 3.21. The number of carbonyl (C=O) groups excluding carboxylic acids is 2. The molecule has 1 spiro atoms. The van der Waals surface area contributed by atoms with Crippen LogP contribution in [0.1, 0.15) is 55.7 Å². The summed E-state index contributed by atoms with van der Waals surface area (Å²) in [5.41, 5.74) is 2.45. The van der Waals surface area contributed by atoms with Crippen LogP contribution in [-0.4, -0.2) is 22.4 Å². The number of hydrogen-bond acceptors (Lipinski definition) is 4. The smallest absolute Gasteiger partial charge is 0.336 e. The van der Waals surface area contributed by atoms with Crippen LogP contribution in [0.25, 0.3) is 11.0 Å². The lowest BCUT2D eigenvalue weighted by molar-refractivity contribution is -0.134. The second-order valence-electron chi connectivity index (χ2n) is 8.50. The van der Waals surface area contributed by atoms with E-state index in [0.29, 0.717) is 17.6 Å². The molecule has 2 heterocycles. The molecule has 6 nitrogen and oxygen atoms in total. The summed E-state index contributed by atoms with van der Waals surface area (Å²) in [7, 11) is 0. The molecule has 1 aliphatic heterocycles. The van der Waals surface area contributed by atoms with Crippen molar-refractivity contribution in [3.05, 3.63) is 45.3 Å². The largest absolute Gasteiger partial charge is 0.423 e. The van der Waals surface area contributed by atoms with Gasteiger partial charge in [-0.2, -0.15) is 0 Å². The molecule has 1 saturated carbocycles. The van der Waals surface area contributed by atoms with Crippen LogP contribution in [-0.2, 0) is 24.2 Å². The van der Waals surface area contributed by atoms with Crippen LogP contribution < -0.4 is 10.9 Å². The minimum atomic E-state index is -0.786. The molecular formula is C22H24N2O4. The van der Waals surface area contributed by atoms with E-state index in [1.54, 1.807) is 0 Å². The van der Waals surface area contributed by atoms with E-state index < -0.39 is 11.2 Å². The normalized spacial score (nSPS) is 26.9. The molecule has 3 aliphatic rings. The molecule has 1 aromatic heterocycles. The molecule has 0 unspecified atom stereocenters. The van der Waals surface area contributed by atoms with Crippen LogP contribution in [0.3, 0.4) is 0 Å². The summed E-state index contributed by atoms with van der Waals surface area (Å²) in [4.78, 5) is 39.4. The molecule has 2 atom stereocenters. The quantitative estimate of drug-likeness (QED) is 0.640. The fraction of sp³-hybridized carbons (Fsp3) is 0.500. The maximum atomic E-state index is 13.3. The van der Waals surface area contributed by atoms with Crippen LogP contribution in [0, 0.1) is 5.92 Å². The van der Waals surface area contributed by atoms with Gasteiger partial charge in [0.1, 0.15) is 11.1 Å². The first-order chi connectivity index (χ1) is 13.5. The van der Waals surface area contributed by atoms with Gasteiger partial charge < -0.3 is 9.73 Å². The van der Waals surface area contributed by atoms with E-state index in [1.165, 1.54) is 22.1 Å². The van der Waals surface area contributed by atoms with Crippen LogP contribution in [0.2, 0.25) is 0 Å². The van der Waals surface area contributed by atoms with Gasteiger partial charge in [0.25, 0.3) is 5.91 Å². The number of nitrogens with zero attached hydrogens (tertiary/aromatic N) is 1. The van der Waals surface area contributed by atoms with Gasteiger partial charge in [0.15, 0.2) is 0 Å². The zero-order valence-electron chi connectivity index (χ0n) is 16.0. The van der Waals surface area contributed by atoms with Gasteiger partial charge >= 0.3 is 11.7 Å². The van der Waals surface area contributed by atoms with Crippen LogP contribution in [0.15, 0.2) is 27.4 Å². The average molecular weight is 380 g/mol. The van der Waals surface area contributed by atoms with Gasteiger partial charge in [-0.05, 0) is 66.8 Å². The highest BCUT2D eigenvalue weighted by Gasteiger charge is 2.54. The van der Waals surface area contributed by atoms with Gasteiger partial charge in [-0.15, -0.1) is 0 Å². The number of imide groups is 1. The Morgan fingerprint density at radius 3 is 2.68 bits per heavy atom. The standard InChI is InChI=1S/C22H24N2O4/c1-13-5-2-3-8-22(13)20(26)24(21(27)23-22)12-16-11-19(25)28-18-10-15-7-4-6-14(15)9-17(16)18/h9-11,13H,2-8,12H2,1H3,(H,23,27)/t13-,22-/m1/s1. The zero-order chi connectivity index (χ0) is 19.5. The molecule has 1 saturated heterocycles. The fourth-order valence-electron chi connectivity index (χ4n) is 5.23. The Kier molecular flexibility index (Phi) is 3.86. The molecule has 1 N–H and O–H groups in total. The maximum Gasteiger partial charge on any atom is 0.336 e. The molecule has 28 heavy (non-hydrogen) atoms. The number of amides is 3. The third-order valence-electron chi connectivity index (χ3n) is 6.87. The Morgan fingerprint density at radius 1 is 1.11 bits per heavy atom. The van der Waals surface area contributed by atoms with Gasteiger partial charge in [0.2, 0.25) is 0 Å². The van der Waals surface area contributed by atoms with Crippen molar-refractivity contribution in [1.29, 1.82) is 0 Å². The van der Waals surface area contributed by atoms with E-state index >= 15 is 0 Å². The van der Waals surface area contributed by atoms with Gasteiger partial charge in [-0.3, -0.25) is 9.69 Å². The molecule has 3 amide bonds. The number of nitrogens with one attached hydrogen (secondary N) is 1. The van der Waals surface area contributed by atoms with Crippen molar-refractivity contribution in [3.63, 3.8) is 0 Å². The van der Waals surface area contributed by atoms with E-state index in [9.17, 15) is 14.4 Å². The van der Waals surface area contributed by atoms with Crippen molar-refractivity contribution in [2.45, 2.75) is 64.0 Å². The van der Waals surface area contributed by atoms with Crippen molar-refractivity contribution < 1.29 is 14.0 Å². The summed E-state index contributed by atoms with van der Waals surface area (Å²) in [6, 6.07) is 5.06. The summed E-state index contributed by atoms with van der Waals surface area (Å²) < 4.78 is 5.41. The lowest BCUT2D eigenvalue weighted by Gasteiger charge is -2.36. The highest BCUT2D eigenvalue weighted by atomic mass is 16.4. The monoisotopic (exact) mass is 380 g/mol. The van der Waals surface area contributed by atoms with Gasteiger partial charge in [0, 0.05) is 11.5 Å². The zero-order valence-corrected chi connectivity index (χ0v) is 16.0. The third-order valence-corrected chi connectivity index (χ3v) is 6.87. The number of rotatable bonds is 2. The minimum Gasteiger partial charge on any atom is -0.423 e. The van der Waals surface area contributed by atoms with Crippen molar-refractivity contribution in [1.82, 2.24) is 10.2 Å². The number of aryl methyl sites for hydroxylation is 2. The molecule has 2 fully saturated rings. The molecule has 2 aliphatic carbocycles. The van der Waals surface area contributed by atoms with Crippen molar-refractivity contribution in [3.8, 4) is 0 Å². The van der Waals surface area contributed by atoms with Crippen molar-refractivity contribution >= 4 is 22.9 Å². The SMILES string of the molecule is C[C@@H]1CCCC[C@@]12NC(=O)N(Cc1cc(=O)oc3cc4c(cc13)CCC4)C2=O. The molecule has 2 aromatic rings. The highest BCUT2D eigenvalue weighted by Crippen LogP contribution is 2.39. The topological polar surface area (TPSA) is 79.6 Å². The second-order valence-corrected chi connectivity index (χ2v) is 8.50. The second kappa shape index (κ2) is 6.19. The Hall–Kier alpha value is -2.63. The van der Waals surface area contributed by atoms with Crippen molar-refractivity contribution in [2.24, 2.45) is 5.92 Å². The summed E-state index contributed by atoms with van der Waals surface area (Å²) >= 11 is 0. The Morgan fingerprint density at radius 2 is 1.89 bits per heavy atom. The summed E-state index contributed by atoms with van der Waals surface area (Å²) in [6.45, 7) is 2.14. The number of urea groups is 1. The van der Waals surface area contributed by atoms with Gasteiger partial charge in [-0.25, -0.2) is 9.59 Å². The molecule has 6 heteroatoms. The Balaban J connectivity index is 1.54. The fourth-order valence-corrected chi connectivity index (χ4v) is 5.23. The summed E-state index contributed by atoms with van der Waals surface area (Å²) in [5, 5.41) is 3.80. The number of hydrogen-bond donors (Lipinski definition) is 1. The predicted octanol–water partition coefficient (Wildman–Crippen LogP) is 3.28. The van der Waals surface area contributed by atoms with E-state index in [1.807, 2.05) is 13.0 Å². The van der Waals surface area contributed by atoms with Crippen LogP contribution in [0.4, 0.5) is 4.79 Å². The molecular weight excluding hydrogens is 356 g/mol. The third kappa shape index (κ3) is 2.50. The molecule has 146 valence electrons. The molecule has 5 rings (SSSR count). The first-order valence-corrected chi connectivity index (χ1v) is 10.2. The van der Waals surface area contributed by atoms with E-state index in [4.69, 9.17) is 4.42 Å². The van der Waals surface area contributed by atoms with E-state index in [-0.39, 0.29) is 24.4 Å². The first-order valence-electron chi connectivity index (χ1n) is 10.2. The minimum absolute atomic E-state index is 0.0972. The van der Waals surface area contributed by atoms with E-state index in [0.717, 1.165) is 43.9 Å². The van der Waals surface area contributed by atoms with E-state index in [2.05, 4.69) is 11.4 Å². The number of fused-ring (bicyclic) bond motifs is 2. The first kappa shape index (κ1) is 17.5. The Bertz CT molecular complexity index is 1060. The molecule has 0 bridgehead atoms. The summed E-state index contributed by atoms with van der Waals surface area (Å²) in [5.74, 6) is -0.0455. The highest BCUT2D eigenvalue weighted by molar-refractivity contribution is 6.07. The predicted molar refractivity (Wildman–Crippen MR) is 104 cm³/mol. The van der Waals surface area contributed by atoms with Crippen molar-refractivity contribution in [2.75, 3.05) is 0 Å². The molecule has 0 radical (unpaired) electrons. The lowest BCUT2D eigenvalue weighted by atomic mass is 9.73.